The van der Waals surface area contributed by atoms with Gasteiger partial charge in [0.1, 0.15) is 11.5 Å². The van der Waals surface area contributed by atoms with Crippen LogP contribution in [0, 0.1) is 11.8 Å². The van der Waals surface area contributed by atoms with Gasteiger partial charge in [-0.15, -0.1) is 0 Å². The normalized spacial score (nSPS) is 18.0. The van der Waals surface area contributed by atoms with Crippen molar-refractivity contribution in [3.63, 3.8) is 0 Å². The minimum absolute atomic E-state index is 0.0311. The summed E-state index contributed by atoms with van der Waals surface area (Å²) >= 11 is 0. The molecule has 0 spiro atoms. The van der Waals surface area contributed by atoms with E-state index in [4.69, 9.17) is 9.47 Å². The number of carbonyl (C=O) groups excluding carboxylic acids is 2. The van der Waals surface area contributed by atoms with Crippen LogP contribution in [0.2, 0.25) is 0 Å². The number of benzene rings is 2. The summed E-state index contributed by atoms with van der Waals surface area (Å²) in [6.45, 7) is 5.50. The summed E-state index contributed by atoms with van der Waals surface area (Å²) in [6.07, 6.45) is 0.475. The molecular weight excluding hydrogens is 404 g/mol. The third kappa shape index (κ3) is 5.42. The summed E-state index contributed by atoms with van der Waals surface area (Å²) in [7, 11) is 5.07. The zero-order valence-electron chi connectivity index (χ0n) is 19.7. The first-order valence-corrected chi connectivity index (χ1v) is 11.1. The van der Waals surface area contributed by atoms with Crippen molar-refractivity contribution in [2.45, 2.75) is 32.7 Å². The van der Waals surface area contributed by atoms with Crippen LogP contribution in [-0.2, 0) is 16.1 Å². The quantitative estimate of drug-likeness (QED) is 0.626. The lowest BCUT2D eigenvalue weighted by Gasteiger charge is -2.25. The molecule has 0 N–H and O–H groups in total. The molecular formula is C26H34N2O4. The second-order valence-corrected chi connectivity index (χ2v) is 8.90. The Hall–Kier alpha value is -3.02. The summed E-state index contributed by atoms with van der Waals surface area (Å²) in [6, 6.07) is 15.6. The van der Waals surface area contributed by atoms with E-state index < -0.39 is 0 Å². The van der Waals surface area contributed by atoms with E-state index in [1.807, 2.05) is 74.3 Å². The Balaban J connectivity index is 1.91. The number of hydrogen-bond acceptors (Lipinski definition) is 4. The Morgan fingerprint density at radius 2 is 1.78 bits per heavy atom. The van der Waals surface area contributed by atoms with E-state index in [1.165, 1.54) is 0 Å². The molecule has 6 heteroatoms. The van der Waals surface area contributed by atoms with Crippen molar-refractivity contribution in [3.8, 4) is 11.5 Å². The van der Waals surface area contributed by atoms with Crippen LogP contribution in [0.4, 0.5) is 0 Å². The highest BCUT2D eigenvalue weighted by Gasteiger charge is 2.42. The lowest BCUT2D eigenvalue weighted by molar-refractivity contribution is -0.135. The second-order valence-electron chi connectivity index (χ2n) is 8.90. The Morgan fingerprint density at radius 1 is 1.06 bits per heavy atom. The molecule has 1 aliphatic rings. The molecule has 3 rings (SSSR count). The highest BCUT2D eigenvalue weighted by Crippen LogP contribution is 2.40. The average molecular weight is 439 g/mol. The fraction of sp³-hybridized carbons (Fsp3) is 0.462. The lowest BCUT2D eigenvalue weighted by Crippen LogP contribution is -2.36. The van der Waals surface area contributed by atoms with Gasteiger partial charge in [0.25, 0.3) is 0 Å². The first kappa shape index (κ1) is 23.6. The summed E-state index contributed by atoms with van der Waals surface area (Å²) in [5.41, 5.74) is 1.97. The largest absolute Gasteiger partial charge is 0.497 e. The van der Waals surface area contributed by atoms with Crippen molar-refractivity contribution in [3.05, 3.63) is 59.7 Å². The number of ether oxygens (including phenoxy) is 2. The molecule has 0 radical (unpaired) electrons. The van der Waals surface area contributed by atoms with Crippen molar-refractivity contribution in [2.24, 2.45) is 11.8 Å². The third-order valence-corrected chi connectivity index (χ3v) is 6.05. The van der Waals surface area contributed by atoms with Crippen LogP contribution in [0.5, 0.6) is 11.5 Å². The SMILES string of the molecule is COc1ccc(OC)c([C@@H]2CN(C(=O)CC(C)C)C[C@@H]2C(=O)N(C)Cc2ccccc2)c1. The number of amides is 2. The van der Waals surface area contributed by atoms with E-state index in [1.54, 1.807) is 19.1 Å². The van der Waals surface area contributed by atoms with Gasteiger partial charge in [-0.25, -0.2) is 0 Å². The fourth-order valence-electron chi connectivity index (χ4n) is 4.40. The number of likely N-dealkylation sites (tertiary alicyclic amines) is 1. The van der Waals surface area contributed by atoms with Crippen LogP contribution in [0.25, 0.3) is 0 Å². The minimum atomic E-state index is -0.346. The van der Waals surface area contributed by atoms with Crippen molar-refractivity contribution in [1.29, 1.82) is 0 Å². The molecule has 0 unspecified atom stereocenters. The molecule has 32 heavy (non-hydrogen) atoms. The molecule has 1 heterocycles. The van der Waals surface area contributed by atoms with Crippen LogP contribution >= 0.6 is 0 Å². The molecule has 172 valence electrons. The smallest absolute Gasteiger partial charge is 0.228 e. The molecule has 2 amide bonds. The number of hydrogen-bond donors (Lipinski definition) is 0. The van der Waals surface area contributed by atoms with E-state index >= 15 is 0 Å². The predicted molar refractivity (Wildman–Crippen MR) is 125 cm³/mol. The van der Waals surface area contributed by atoms with Crippen LogP contribution in [0.15, 0.2) is 48.5 Å². The maximum absolute atomic E-state index is 13.6. The van der Waals surface area contributed by atoms with Gasteiger partial charge in [-0.2, -0.15) is 0 Å². The van der Waals surface area contributed by atoms with E-state index in [0.717, 1.165) is 11.1 Å². The molecule has 1 fully saturated rings. The maximum Gasteiger partial charge on any atom is 0.228 e. The van der Waals surface area contributed by atoms with E-state index in [9.17, 15) is 9.59 Å². The lowest BCUT2D eigenvalue weighted by atomic mass is 9.87. The highest BCUT2D eigenvalue weighted by molar-refractivity contribution is 5.83. The van der Waals surface area contributed by atoms with Crippen LogP contribution in [0.3, 0.4) is 0 Å². The van der Waals surface area contributed by atoms with Gasteiger partial charge < -0.3 is 19.3 Å². The Labute approximate surface area is 191 Å². The first-order valence-electron chi connectivity index (χ1n) is 11.1. The fourth-order valence-corrected chi connectivity index (χ4v) is 4.40. The van der Waals surface area contributed by atoms with Crippen LogP contribution in [-0.4, -0.2) is 56.0 Å². The van der Waals surface area contributed by atoms with Crippen molar-refractivity contribution >= 4 is 11.8 Å². The van der Waals surface area contributed by atoms with Gasteiger partial charge in [-0.1, -0.05) is 44.2 Å². The Bertz CT molecular complexity index is 929. The van der Waals surface area contributed by atoms with Crippen LogP contribution in [0.1, 0.15) is 37.3 Å². The number of nitrogens with zero attached hydrogens (tertiary/aromatic N) is 2. The summed E-state index contributed by atoms with van der Waals surface area (Å²) in [5.74, 6) is 1.29. The molecule has 2 aromatic carbocycles. The van der Waals surface area contributed by atoms with E-state index in [0.29, 0.717) is 37.6 Å². The van der Waals surface area contributed by atoms with Gasteiger partial charge in [0.2, 0.25) is 11.8 Å². The topological polar surface area (TPSA) is 59.1 Å². The summed E-state index contributed by atoms with van der Waals surface area (Å²) in [5, 5.41) is 0. The number of carbonyl (C=O) groups is 2. The summed E-state index contributed by atoms with van der Waals surface area (Å²) < 4.78 is 11.0. The Morgan fingerprint density at radius 3 is 2.41 bits per heavy atom. The van der Waals surface area contributed by atoms with Gasteiger partial charge in [0.05, 0.1) is 20.1 Å². The standard InChI is InChI=1S/C26H34N2O4/c1-18(2)13-25(29)28-16-22(21-14-20(31-4)11-12-24(21)32-5)23(17-28)26(30)27(3)15-19-9-7-6-8-10-19/h6-12,14,18,22-23H,13,15-17H2,1-5H3/t22-,23-/m0/s1. The van der Waals surface area contributed by atoms with E-state index in [2.05, 4.69) is 0 Å². The number of methoxy groups -OCH3 is 2. The van der Waals surface area contributed by atoms with Crippen molar-refractivity contribution in [2.75, 3.05) is 34.4 Å². The third-order valence-electron chi connectivity index (χ3n) is 6.05. The summed E-state index contributed by atoms with van der Waals surface area (Å²) in [4.78, 5) is 30.1. The maximum atomic E-state index is 13.6. The minimum Gasteiger partial charge on any atom is -0.497 e. The molecule has 2 atom stereocenters. The van der Waals surface area contributed by atoms with Gasteiger partial charge in [0.15, 0.2) is 0 Å². The molecule has 1 saturated heterocycles. The van der Waals surface area contributed by atoms with E-state index in [-0.39, 0.29) is 29.6 Å². The second kappa shape index (κ2) is 10.5. The highest BCUT2D eigenvalue weighted by atomic mass is 16.5. The molecule has 2 aromatic rings. The molecule has 6 nitrogen and oxygen atoms in total. The average Bonchev–Trinajstić information content (AvgIpc) is 3.23. The zero-order valence-corrected chi connectivity index (χ0v) is 19.7. The monoisotopic (exact) mass is 438 g/mol. The predicted octanol–water partition coefficient (Wildman–Crippen LogP) is 3.95. The molecule has 0 saturated carbocycles. The van der Waals surface area contributed by atoms with Crippen LogP contribution < -0.4 is 9.47 Å². The van der Waals surface area contributed by atoms with Gasteiger partial charge in [-0.05, 0) is 29.7 Å². The van der Waals surface area contributed by atoms with Crippen molar-refractivity contribution in [1.82, 2.24) is 9.80 Å². The van der Waals surface area contributed by atoms with Gasteiger partial charge in [-0.3, -0.25) is 9.59 Å². The molecule has 0 bridgehead atoms. The first-order chi connectivity index (χ1) is 15.3. The molecule has 0 aromatic heterocycles. The molecule has 1 aliphatic heterocycles. The number of rotatable bonds is 8. The van der Waals surface area contributed by atoms with Crippen molar-refractivity contribution < 1.29 is 19.1 Å². The molecule has 0 aliphatic carbocycles. The zero-order chi connectivity index (χ0) is 23.3. The van der Waals surface area contributed by atoms with Gasteiger partial charge >= 0.3 is 0 Å². The van der Waals surface area contributed by atoms with Gasteiger partial charge in [0, 0.05) is 44.6 Å². The Kier molecular flexibility index (Phi) is 7.78.